The van der Waals surface area contributed by atoms with E-state index in [2.05, 4.69) is 20.3 Å². The molecule has 108 valence electrons. The molecule has 0 atom stereocenters. The van der Waals surface area contributed by atoms with Gasteiger partial charge >= 0.3 is 5.97 Å². The monoisotopic (exact) mass is 324 g/mol. The van der Waals surface area contributed by atoms with E-state index in [9.17, 15) is 9.59 Å². The number of aromatic nitrogens is 3. The topological polar surface area (TPSA) is 105 Å². The van der Waals surface area contributed by atoms with Crippen molar-refractivity contribution in [2.75, 3.05) is 11.6 Å². The van der Waals surface area contributed by atoms with Crippen molar-refractivity contribution in [1.82, 2.24) is 15.0 Å². The third kappa shape index (κ3) is 3.67. The first-order valence-electron chi connectivity index (χ1n) is 5.58. The molecule has 2 rings (SSSR count). The highest BCUT2D eigenvalue weighted by Crippen LogP contribution is 2.18. The average Bonchev–Trinajstić information content (AvgIpc) is 2.48. The maximum absolute atomic E-state index is 12.1. The van der Waals surface area contributed by atoms with E-state index in [0.717, 1.165) is 0 Å². The van der Waals surface area contributed by atoms with Gasteiger partial charge in [-0.3, -0.25) is 4.79 Å². The second-order valence-electron chi connectivity index (χ2n) is 3.74. The van der Waals surface area contributed by atoms with Crippen molar-refractivity contribution in [3.05, 3.63) is 40.8 Å². The van der Waals surface area contributed by atoms with Crippen molar-refractivity contribution in [3.8, 4) is 0 Å². The number of carboxylic acids is 1. The van der Waals surface area contributed by atoms with Crippen molar-refractivity contribution in [2.24, 2.45) is 0 Å². The Bertz CT molecular complexity index is 711. The Kier molecular flexibility index (Phi) is 4.71. The Labute approximate surface area is 128 Å². The Balaban J connectivity index is 2.25. The molecule has 0 aliphatic heterocycles. The van der Waals surface area contributed by atoms with Gasteiger partial charge in [0.15, 0.2) is 10.9 Å². The Morgan fingerprint density at radius 3 is 2.81 bits per heavy atom. The molecule has 0 fully saturated rings. The summed E-state index contributed by atoms with van der Waals surface area (Å²) in [4.78, 5) is 34.8. The van der Waals surface area contributed by atoms with E-state index in [1.807, 2.05) is 0 Å². The molecule has 0 bridgehead atoms. The van der Waals surface area contributed by atoms with Crippen molar-refractivity contribution in [1.29, 1.82) is 0 Å². The van der Waals surface area contributed by atoms with Gasteiger partial charge < -0.3 is 10.4 Å². The maximum atomic E-state index is 12.1. The third-order valence-corrected chi connectivity index (χ3v) is 3.21. The van der Waals surface area contributed by atoms with Crippen LogP contribution in [0.3, 0.4) is 0 Å². The first kappa shape index (κ1) is 15.2. The lowest BCUT2D eigenvalue weighted by Crippen LogP contribution is -2.16. The quantitative estimate of drug-likeness (QED) is 0.656. The molecule has 0 unspecified atom stereocenters. The van der Waals surface area contributed by atoms with Crippen LogP contribution in [-0.4, -0.2) is 38.2 Å². The largest absolute Gasteiger partial charge is 0.478 e. The van der Waals surface area contributed by atoms with Gasteiger partial charge in [-0.1, -0.05) is 23.4 Å². The Morgan fingerprint density at radius 1 is 1.38 bits per heavy atom. The lowest BCUT2D eigenvalue weighted by molar-refractivity contribution is 0.0696. The van der Waals surface area contributed by atoms with Gasteiger partial charge in [0.25, 0.3) is 5.91 Å². The third-order valence-electron chi connectivity index (χ3n) is 2.37. The van der Waals surface area contributed by atoms with Crippen LogP contribution in [0.1, 0.15) is 20.8 Å². The SMILES string of the molecule is CSc1ncc(Cl)c(C(=O)Nc2cc(C(=O)O)ccn2)n1. The highest BCUT2D eigenvalue weighted by Gasteiger charge is 2.15. The van der Waals surface area contributed by atoms with E-state index in [4.69, 9.17) is 16.7 Å². The van der Waals surface area contributed by atoms with E-state index in [1.54, 1.807) is 6.26 Å². The first-order valence-corrected chi connectivity index (χ1v) is 7.18. The van der Waals surface area contributed by atoms with Crippen LogP contribution < -0.4 is 5.32 Å². The summed E-state index contributed by atoms with van der Waals surface area (Å²) in [5, 5.41) is 11.8. The van der Waals surface area contributed by atoms with Gasteiger partial charge in [0.1, 0.15) is 5.82 Å². The molecule has 2 aromatic heterocycles. The van der Waals surface area contributed by atoms with Gasteiger partial charge in [-0.25, -0.2) is 19.7 Å². The minimum Gasteiger partial charge on any atom is -0.478 e. The van der Waals surface area contributed by atoms with Crippen LogP contribution in [0.25, 0.3) is 0 Å². The maximum Gasteiger partial charge on any atom is 0.335 e. The number of rotatable bonds is 4. The number of hydrogen-bond donors (Lipinski definition) is 2. The molecular weight excluding hydrogens is 316 g/mol. The minimum atomic E-state index is -1.11. The lowest BCUT2D eigenvalue weighted by Gasteiger charge is -2.06. The number of hydrogen-bond acceptors (Lipinski definition) is 6. The fourth-order valence-electron chi connectivity index (χ4n) is 1.42. The molecule has 9 heteroatoms. The molecule has 7 nitrogen and oxygen atoms in total. The number of pyridine rings is 1. The normalized spacial score (nSPS) is 10.2. The molecule has 2 N–H and O–H groups in total. The zero-order valence-corrected chi connectivity index (χ0v) is 12.3. The number of aromatic carboxylic acids is 1. The standard InChI is InChI=1S/C12H9ClN4O3S/c1-21-12-15-5-7(13)9(17-12)10(18)16-8-4-6(11(19)20)2-3-14-8/h2-5H,1H3,(H,19,20)(H,14,16,18). The summed E-state index contributed by atoms with van der Waals surface area (Å²) < 4.78 is 0. The molecule has 0 saturated heterocycles. The molecule has 0 aliphatic carbocycles. The van der Waals surface area contributed by atoms with E-state index in [0.29, 0.717) is 5.16 Å². The molecule has 1 amide bonds. The molecule has 0 radical (unpaired) electrons. The highest BCUT2D eigenvalue weighted by molar-refractivity contribution is 7.98. The fraction of sp³-hybridized carbons (Fsp3) is 0.0833. The van der Waals surface area contributed by atoms with Crippen LogP contribution in [0.4, 0.5) is 5.82 Å². The summed E-state index contributed by atoms with van der Waals surface area (Å²) in [7, 11) is 0. The molecule has 21 heavy (non-hydrogen) atoms. The van der Waals surface area contributed by atoms with E-state index >= 15 is 0 Å². The molecule has 0 saturated carbocycles. The van der Waals surface area contributed by atoms with Crippen LogP contribution in [0.2, 0.25) is 5.02 Å². The Morgan fingerprint density at radius 2 is 2.14 bits per heavy atom. The number of thioether (sulfide) groups is 1. The number of carbonyl (C=O) groups is 2. The molecule has 0 aliphatic rings. The molecular formula is C12H9ClN4O3S. The number of nitrogens with one attached hydrogen (secondary N) is 1. The smallest absolute Gasteiger partial charge is 0.335 e. The van der Waals surface area contributed by atoms with Crippen molar-refractivity contribution >= 4 is 41.1 Å². The van der Waals surface area contributed by atoms with Gasteiger partial charge in [0.2, 0.25) is 0 Å². The van der Waals surface area contributed by atoms with E-state index < -0.39 is 11.9 Å². The number of nitrogens with zero attached hydrogens (tertiary/aromatic N) is 3. The summed E-state index contributed by atoms with van der Waals surface area (Å²) >= 11 is 7.15. The van der Waals surface area contributed by atoms with Gasteiger partial charge in [0, 0.05) is 6.20 Å². The van der Waals surface area contributed by atoms with E-state index in [-0.39, 0.29) is 22.1 Å². The summed E-state index contributed by atoms with van der Waals surface area (Å²) in [6.07, 6.45) is 4.38. The number of halogens is 1. The number of carboxylic acid groups (broad SMARTS) is 1. The predicted molar refractivity (Wildman–Crippen MR) is 78.0 cm³/mol. The predicted octanol–water partition coefficient (Wildman–Crippen LogP) is 2.20. The van der Waals surface area contributed by atoms with Crippen LogP contribution in [0.15, 0.2) is 29.7 Å². The minimum absolute atomic E-state index is 0.00135. The number of amides is 1. The van der Waals surface area contributed by atoms with Crippen LogP contribution in [0, 0.1) is 0 Å². The summed E-state index contributed by atoms with van der Waals surface area (Å²) in [5.41, 5.74) is 0.0115. The van der Waals surface area contributed by atoms with Gasteiger partial charge in [-0.2, -0.15) is 0 Å². The summed E-state index contributed by atoms with van der Waals surface area (Å²) in [6, 6.07) is 2.56. The van der Waals surface area contributed by atoms with Gasteiger partial charge in [-0.15, -0.1) is 0 Å². The fourth-order valence-corrected chi connectivity index (χ4v) is 1.93. The molecule has 2 aromatic rings. The summed E-state index contributed by atoms with van der Waals surface area (Å²) in [6.45, 7) is 0. The van der Waals surface area contributed by atoms with Crippen molar-refractivity contribution in [3.63, 3.8) is 0 Å². The van der Waals surface area contributed by atoms with Crippen LogP contribution >= 0.6 is 23.4 Å². The van der Waals surface area contributed by atoms with Crippen molar-refractivity contribution < 1.29 is 14.7 Å². The second-order valence-corrected chi connectivity index (χ2v) is 4.92. The zero-order valence-electron chi connectivity index (χ0n) is 10.7. The first-order chi connectivity index (χ1) is 10.0. The molecule has 0 spiro atoms. The van der Waals surface area contributed by atoms with Crippen molar-refractivity contribution in [2.45, 2.75) is 5.16 Å². The van der Waals surface area contributed by atoms with Gasteiger partial charge in [0.05, 0.1) is 16.8 Å². The Hall–Kier alpha value is -2.19. The highest BCUT2D eigenvalue weighted by atomic mass is 35.5. The summed E-state index contributed by atoms with van der Waals surface area (Å²) in [5.74, 6) is -1.61. The number of carbonyl (C=O) groups excluding carboxylic acids is 1. The number of anilines is 1. The zero-order chi connectivity index (χ0) is 15.4. The molecule has 0 aromatic carbocycles. The van der Waals surface area contributed by atoms with E-state index in [1.165, 1.54) is 36.3 Å². The van der Waals surface area contributed by atoms with Gasteiger partial charge in [-0.05, 0) is 18.4 Å². The lowest BCUT2D eigenvalue weighted by atomic mass is 10.2. The van der Waals surface area contributed by atoms with Crippen LogP contribution in [0.5, 0.6) is 0 Å². The van der Waals surface area contributed by atoms with Crippen LogP contribution in [-0.2, 0) is 0 Å². The second kappa shape index (κ2) is 6.51. The average molecular weight is 325 g/mol. The molecule has 2 heterocycles.